The monoisotopic (exact) mass is 537 g/mol. The highest BCUT2D eigenvalue weighted by Gasteiger charge is 2.25. The lowest BCUT2D eigenvalue weighted by Gasteiger charge is -2.32. The average Bonchev–Trinajstić information content (AvgIpc) is 3.25. The highest BCUT2D eigenvalue weighted by molar-refractivity contribution is 7.96. The minimum atomic E-state index is -0.622. The second kappa shape index (κ2) is 10.5. The van der Waals surface area contributed by atoms with E-state index in [4.69, 9.17) is 4.74 Å². The number of nitrogens with one attached hydrogen (secondary N) is 1. The number of aromatic nitrogens is 6. The molecule has 0 atom stereocenters. The number of aryl methyl sites for hydroxylation is 1. The van der Waals surface area contributed by atoms with E-state index in [1.165, 1.54) is 7.11 Å². The maximum absolute atomic E-state index is 14.9. The first-order chi connectivity index (χ1) is 18.3. The topological polar surface area (TPSA) is 114 Å². The van der Waals surface area contributed by atoms with E-state index in [1.54, 1.807) is 35.2 Å². The van der Waals surface area contributed by atoms with Gasteiger partial charge in [-0.1, -0.05) is 11.9 Å². The van der Waals surface area contributed by atoms with Crippen molar-refractivity contribution in [2.24, 2.45) is 0 Å². The standard InChI is InChI=1S/C25H28FN9O2S/c1-14(2)35-15(3)29-23-19(35)10-18(30-24(23)37-4)22-17(26)12-28-25(32-22)31-20-7-6-16(11-27-20)34-9-8-33(38-5)13-21(34)36/h6-7,10-12,14H,8-9,13H2,1-5H3,(H,27,28,31,32). The molecule has 13 heteroatoms. The Labute approximate surface area is 223 Å². The van der Waals surface area contributed by atoms with Gasteiger partial charge in [-0.3, -0.25) is 4.79 Å². The zero-order valence-corrected chi connectivity index (χ0v) is 22.6. The number of halogens is 1. The van der Waals surface area contributed by atoms with Crippen LogP contribution in [0.1, 0.15) is 25.7 Å². The van der Waals surface area contributed by atoms with E-state index < -0.39 is 5.82 Å². The van der Waals surface area contributed by atoms with Crippen molar-refractivity contribution in [1.82, 2.24) is 33.8 Å². The number of carbonyl (C=O) groups excluding carboxylic acids is 1. The number of rotatable bonds is 7. The van der Waals surface area contributed by atoms with E-state index in [0.717, 1.165) is 24.1 Å². The summed E-state index contributed by atoms with van der Waals surface area (Å²) in [6, 6.07) is 5.43. The lowest BCUT2D eigenvalue weighted by atomic mass is 10.2. The number of imidazole rings is 1. The summed E-state index contributed by atoms with van der Waals surface area (Å²) < 4.78 is 24.5. The zero-order chi connectivity index (χ0) is 27.0. The van der Waals surface area contributed by atoms with Gasteiger partial charge in [0.2, 0.25) is 17.7 Å². The Morgan fingerprint density at radius 3 is 2.61 bits per heavy atom. The van der Waals surface area contributed by atoms with Crippen LogP contribution in [0.2, 0.25) is 0 Å². The van der Waals surface area contributed by atoms with Gasteiger partial charge in [0.05, 0.1) is 42.9 Å². The van der Waals surface area contributed by atoms with Crippen molar-refractivity contribution in [3.63, 3.8) is 0 Å². The van der Waals surface area contributed by atoms with Gasteiger partial charge in [-0.25, -0.2) is 33.6 Å². The molecule has 0 aliphatic carbocycles. The van der Waals surface area contributed by atoms with E-state index >= 15 is 0 Å². The number of hydrogen-bond acceptors (Lipinski definition) is 10. The van der Waals surface area contributed by atoms with Crippen molar-refractivity contribution < 1.29 is 13.9 Å². The molecule has 198 valence electrons. The van der Waals surface area contributed by atoms with Gasteiger partial charge in [0, 0.05) is 19.1 Å². The van der Waals surface area contributed by atoms with Gasteiger partial charge < -0.3 is 19.5 Å². The normalized spacial score (nSPS) is 14.5. The SMILES string of the molecule is COc1nc(-c2nc(Nc3ccc(N4CCN(SC)CC4=O)cn3)ncc2F)cc2c1nc(C)n2C(C)C. The van der Waals surface area contributed by atoms with Crippen LogP contribution in [-0.4, -0.2) is 72.7 Å². The number of pyridine rings is 2. The van der Waals surface area contributed by atoms with Crippen LogP contribution in [0.5, 0.6) is 5.88 Å². The van der Waals surface area contributed by atoms with Crippen LogP contribution in [0.3, 0.4) is 0 Å². The molecular weight excluding hydrogens is 509 g/mol. The van der Waals surface area contributed by atoms with Gasteiger partial charge >= 0.3 is 0 Å². The van der Waals surface area contributed by atoms with Gasteiger partial charge in [-0.05, 0) is 45.2 Å². The molecule has 5 rings (SSSR count). The molecular formula is C25H28FN9O2S. The number of anilines is 3. The Balaban J connectivity index is 1.42. The molecule has 1 saturated heterocycles. The van der Waals surface area contributed by atoms with Crippen molar-refractivity contribution in [2.45, 2.75) is 26.8 Å². The van der Waals surface area contributed by atoms with Gasteiger partial charge in [0.1, 0.15) is 17.3 Å². The third-order valence-electron chi connectivity index (χ3n) is 6.26. The number of piperazine rings is 1. The van der Waals surface area contributed by atoms with Crippen molar-refractivity contribution in [1.29, 1.82) is 0 Å². The van der Waals surface area contributed by atoms with Crippen molar-refractivity contribution >= 4 is 46.3 Å². The number of hydrogen-bond donors (Lipinski definition) is 1. The summed E-state index contributed by atoms with van der Waals surface area (Å²) in [6.45, 7) is 7.73. The van der Waals surface area contributed by atoms with Gasteiger partial charge in [0.25, 0.3) is 0 Å². The summed E-state index contributed by atoms with van der Waals surface area (Å²) in [7, 11) is 1.50. The number of methoxy groups -OCH3 is 1. The van der Waals surface area contributed by atoms with E-state index in [-0.39, 0.29) is 29.5 Å². The molecule has 1 amide bonds. The third kappa shape index (κ3) is 4.86. The Morgan fingerprint density at radius 2 is 1.95 bits per heavy atom. The van der Waals surface area contributed by atoms with Crippen LogP contribution in [0, 0.1) is 12.7 Å². The fraction of sp³-hybridized carbons (Fsp3) is 0.360. The average molecular weight is 538 g/mol. The number of amides is 1. The predicted molar refractivity (Wildman–Crippen MR) is 145 cm³/mol. The smallest absolute Gasteiger partial charge is 0.242 e. The number of fused-ring (bicyclic) bond motifs is 1. The number of carbonyl (C=O) groups is 1. The van der Waals surface area contributed by atoms with Crippen LogP contribution >= 0.6 is 11.9 Å². The minimum Gasteiger partial charge on any atom is -0.479 e. The molecule has 4 aromatic heterocycles. The molecule has 4 aromatic rings. The van der Waals surface area contributed by atoms with Crippen LogP contribution < -0.4 is 15.0 Å². The molecule has 1 N–H and O–H groups in total. The lowest BCUT2D eigenvalue weighted by Crippen LogP contribution is -2.47. The summed E-state index contributed by atoms with van der Waals surface area (Å²) >= 11 is 1.56. The number of nitrogens with zero attached hydrogens (tertiary/aromatic N) is 8. The third-order valence-corrected chi connectivity index (χ3v) is 7.09. The fourth-order valence-corrected chi connectivity index (χ4v) is 5.02. The zero-order valence-electron chi connectivity index (χ0n) is 21.8. The molecule has 1 fully saturated rings. The Kier molecular flexibility index (Phi) is 7.13. The van der Waals surface area contributed by atoms with E-state index in [9.17, 15) is 9.18 Å². The molecule has 0 aromatic carbocycles. The first-order valence-electron chi connectivity index (χ1n) is 12.1. The largest absolute Gasteiger partial charge is 0.479 e. The van der Waals surface area contributed by atoms with Crippen molar-refractivity contribution in [3.05, 3.63) is 42.2 Å². The van der Waals surface area contributed by atoms with Crippen LogP contribution in [0.4, 0.5) is 21.8 Å². The molecule has 1 aliphatic heterocycles. The van der Waals surface area contributed by atoms with E-state index in [0.29, 0.717) is 35.8 Å². The molecule has 5 heterocycles. The van der Waals surface area contributed by atoms with Crippen molar-refractivity contribution in [3.8, 4) is 17.3 Å². The van der Waals surface area contributed by atoms with Gasteiger partial charge in [-0.2, -0.15) is 0 Å². The fourth-order valence-electron chi connectivity index (χ4n) is 4.52. The Bertz CT molecular complexity index is 1490. The first kappa shape index (κ1) is 25.8. The van der Waals surface area contributed by atoms with Crippen molar-refractivity contribution in [2.75, 3.05) is 43.2 Å². The predicted octanol–water partition coefficient (Wildman–Crippen LogP) is 3.99. The second-order valence-corrected chi connectivity index (χ2v) is 9.90. The molecule has 0 spiro atoms. The summed E-state index contributed by atoms with van der Waals surface area (Å²) in [5, 5.41) is 3.01. The van der Waals surface area contributed by atoms with Crippen LogP contribution in [0.25, 0.3) is 22.4 Å². The maximum Gasteiger partial charge on any atom is 0.242 e. The van der Waals surface area contributed by atoms with Crippen LogP contribution in [0.15, 0.2) is 30.6 Å². The summed E-state index contributed by atoms with van der Waals surface area (Å²) in [6.07, 6.45) is 4.67. The molecule has 0 unspecified atom stereocenters. The molecule has 38 heavy (non-hydrogen) atoms. The molecule has 0 saturated carbocycles. The van der Waals surface area contributed by atoms with Gasteiger partial charge in [-0.15, -0.1) is 0 Å². The summed E-state index contributed by atoms with van der Waals surface area (Å²) in [5.41, 5.74) is 2.41. The Hall–Kier alpha value is -3.84. The maximum atomic E-state index is 14.9. The molecule has 11 nitrogen and oxygen atoms in total. The molecule has 1 aliphatic rings. The minimum absolute atomic E-state index is 0.0192. The Morgan fingerprint density at radius 1 is 1.13 bits per heavy atom. The quantitative estimate of drug-likeness (QED) is 0.347. The summed E-state index contributed by atoms with van der Waals surface area (Å²) in [5.74, 6) is 1.10. The highest BCUT2D eigenvalue weighted by atomic mass is 32.2. The second-order valence-electron chi connectivity index (χ2n) is 9.02. The lowest BCUT2D eigenvalue weighted by molar-refractivity contribution is -0.119. The van der Waals surface area contributed by atoms with Crippen LogP contribution in [-0.2, 0) is 4.79 Å². The number of ether oxygens (including phenoxy) is 1. The first-order valence-corrected chi connectivity index (χ1v) is 13.3. The highest BCUT2D eigenvalue weighted by Crippen LogP contribution is 2.32. The van der Waals surface area contributed by atoms with Gasteiger partial charge in [0.15, 0.2) is 11.3 Å². The summed E-state index contributed by atoms with van der Waals surface area (Å²) in [4.78, 5) is 36.1. The molecule has 0 bridgehead atoms. The van der Waals surface area contributed by atoms with E-state index in [1.807, 2.05) is 42.0 Å². The van der Waals surface area contributed by atoms with E-state index in [2.05, 4.69) is 30.2 Å². The molecule has 0 radical (unpaired) electrons.